The maximum atomic E-state index is 14.1. The number of amides is 3. The standard InChI is InChI=1S/C39H50N4O6/c1-6-14-32(35(44)31(21-25(3)4)36(45)34(40)38(47)41-23-26(5)7-2)42-37(46)33(43-39(48)49-24-27-15-9-8-10-16-27)22-29-19-13-18-28-17-11-12-20-30(28)29/h1,8-13,15-20,25-26,31-34,36,45H,7,14,21-24,40H2,2-5H3,(H,41,47)(H,42,46)(H,43,48)/t26?,31-,32+,33+,34?,36+/m1/s1. The zero-order valence-electron chi connectivity index (χ0n) is 28.9. The van der Waals surface area contributed by atoms with Crippen molar-refractivity contribution in [2.75, 3.05) is 6.54 Å². The highest BCUT2D eigenvalue weighted by Crippen LogP contribution is 2.23. The molecule has 0 aliphatic carbocycles. The molecule has 6 N–H and O–H groups in total. The SMILES string of the molecule is C#CC[C@H](NC(=O)[C@H](Cc1cccc2ccccc12)NC(=O)OCc1ccccc1)C(=O)[C@@H](CC(C)C)[C@H](O)C(N)C(=O)NCC(C)CC. The van der Waals surface area contributed by atoms with Crippen molar-refractivity contribution in [3.05, 3.63) is 83.9 Å². The first-order valence-corrected chi connectivity index (χ1v) is 16.9. The number of aliphatic hydroxyl groups excluding tert-OH is 1. The lowest BCUT2D eigenvalue weighted by molar-refractivity contribution is -0.136. The summed E-state index contributed by atoms with van der Waals surface area (Å²) in [4.78, 5) is 53.9. The monoisotopic (exact) mass is 670 g/mol. The van der Waals surface area contributed by atoms with Crippen LogP contribution in [0.2, 0.25) is 0 Å². The molecule has 6 atom stereocenters. The van der Waals surface area contributed by atoms with E-state index >= 15 is 0 Å². The predicted octanol–water partition coefficient (Wildman–Crippen LogP) is 4.27. The van der Waals surface area contributed by atoms with Gasteiger partial charge in [0.15, 0.2) is 5.78 Å². The van der Waals surface area contributed by atoms with E-state index in [4.69, 9.17) is 16.9 Å². The van der Waals surface area contributed by atoms with Crippen LogP contribution in [0.1, 0.15) is 58.1 Å². The Hall–Kier alpha value is -4.72. The smallest absolute Gasteiger partial charge is 0.408 e. The van der Waals surface area contributed by atoms with Gasteiger partial charge in [-0.1, -0.05) is 107 Å². The molecule has 3 aromatic rings. The lowest BCUT2D eigenvalue weighted by Crippen LogP contribution is -2.57. The first-order valence-electron chi connectivity index (χ1n) is 16.9. The molecule has 49 heavy (non-hydrogen) atoms. The van der Waals surface area contributed by atoms with Crippen molar-refractivity contribution in [1.29, 1.82) is 0 Å². The highest BCUT2D eigenvalue weighted by Gasteiger charge is 2.39. The topological polar surface area (TPSA) is 160 Å². The van der Waals surface area contributed by atoms with Gasteiger partial charge < -0.3 is 31.5 Å². The lowest BCUT2D eigenvalue weighted by Gasteiger charge is -2.31. The quantitative estimate of drug-likeness (QED) is 0.126. The van der Waals surface area contributed by atoms with Gasteiger partial charge in [-0.3, -0.25) is 14.4 Å². The summed E-state index contributed by atoms with van der Waals surface area (Å²) < 4.78 is 5.42. The van der Waals surface area contributed by atoms with Gasteiger partial charge in [-0.25, -0.2) is 4.79 Å². The van der Waals surface area contributed by atoms with Gasteiger partial charge in [-0.2, -0.15) is 0 Å². The fraction of sp³-hybridized carbons (Fsp3) is 0.436. The van der Waals surface area contributed by atoms with E-state index in [1.165, 1.54) is 0 Å². The minimum atomic E-state index is -1.53. The maximum Gasteiger partial charge on any atom is 0.408 e. The molecular formula is C39H50N4O6. The number of hydrogen-bond donors (Lipinski definition) is 5. The van der Waals surface area contributed by atoms with Crippen molar-refractivity contribution in [3.63, 3.8) is 0 Å². The van der Waals surface area contributed by atoms with Crippen molar-refractivity contribution in [2.24, 2.45) is 23.5 Å². The summed E-state index contributed by atoms with van der Waals surface area (Å²) in [6.45, 7) is 8.11. The van der Waals surface area contributed by atoms with E-state index in [0.717, 1.165) is 28.3 Å². The molecule has 0 saturated heterocycles. The molecule has 10 heteroatoms. The molecule has 0 aliphatic heterocycles. The summed E-state index contributed by atoms with van der Waals surface area (Å²) >= 11 is 0. The number of Topliss-reactive ketones (excluding diaryl/α,β-unsaturated/α-hetero) is 1. The molecule has 0 saturated carbocycles. The normalized spacial score (nSPS) is 14.8. The molecule has 0 fully saturated rings. The Bertz CT molecular complexity index is 1580. The van der Waals surface area contributed by atoms with Crippen molar-refractivity contribution in [2.45, 2.75) is 84.2 Å². The maximum absolute atomic E-state index is 14.1. The summed E-state index contributed by atoms with van der Waals surface area (Å²) in [5.41, 5.74) is 7.75. The van der Waals surface area contributed by atoms with Crippen molar-refractivity contribution < 1.29 is 29.0 Å². The number of carbonyl (C=O) groups is 4. The Balaban J connectivity index is 1.86. The van der Waals surface area contributed by atoms with Gasteiger partial charge >= 0.3 is 6.09 Å². The van der Waals surface area contributed by atoms with Gasteiger partial charge in [-0.15, -0.1) is 12.3 Å². The average Bonchev–Trinajstić information content (AvgIpc) is 3.10. The van der Waals surface area contributed by atoms with Crippen LogP contribution >= 0.6 is 0 Å². The van der Waals surface area contributed by atoms with Crippen LogP contribution in [0.3, 0.4) is 0 Å². The molecule has 0 radical (unpaired) electrons. The Labute approximate surface area is 289 Å². The fourth-order valence-corrected chi connectivity index (χ4v) is 5.55. The average molecular weight is 671 g/mol. The van der Waals surface area contributed by atoms with Gasteiger partial charge in [0.1, 0.15) is 18.7 Å². The van der Waals surface area contributed by atoms with Crippen LogP contribution in [-0.2, 0) is 32.1 Å². The Kier molecular flexibility index (Phi) is 15.3. The summed E-state index contributed by atoms with van der Waals surface area (Å²) in [6.07, 6.45) is 4.27. The number of benzene rings is 3. The summed E-state index contributed by atoms with van der Waals surface area (Å²) in [7, 11) is 0. The minimum Gasteiger partial charge on any atom is -0.445 e. The highest BCUT2D eigenvalue weighted by atomic mass is 16.5. The largest absolute Gasteiger partial charge is 0.445 e. The molecule has 3 amide bonds. The van der Waals surface area contributed by atoms with Crippen molar-refractivity contribution in [3.8, 4) is 12.3 Å². The third-order valence-electron chi connectivity index (χ3n) is 8.60. The number of terminal acetylenes is 1. The molecule has 0 heterocycles. The van der Waals surface area contributed by atoms with Crippen molar-refractivity contribution in [1.82, 2.24) is 16.0 Å². The van der Waals surface area contributed by atoms with E-state index in [1.807, 2.05) is 100 Å². The first kappa shape index (κ1) is 38.7. The lowest BCUT2D eigenvalue weighted by atomic mass is 9.82. The Morgan fingerprint density at radius 2 is 1.57 bits per heavy atom. The molecule has 262 valence electrons. The van der Waals surface area contributed by atoms with Gasteiger partial charge in [0.25, 0.3) is 0 Å². The molecule has 0 bridgehead atoms. The number of rotatable bonds is 18. The second kappa shape index (κ2) is 19.3. The molecular weight excluding hydrogens is 620 g/mol. The number of fused-ring (bicyclic) bond motifs is 1. The number of aliphatic hydroxyl groups is 1. The van der Waals surface area contributed by atoms with E-state index in [1.54, 1.807) is 0 Å². The van der Waals surface area contributed by atoms with E-state index in [9.17, 15) is 24.3 Å². The second-order valence-electron chi connectivity index (χ2n) is 13.0. The van der Waals surface area contributed by atoms with Crippen LogP contribution < -0.4 is 21.7 Å². The number of nitrogens with two attached hydrogens (primary N) is 1. The van der Waals surface area contributed by atoms with Gasteiger partial charge in [0.05, 0.1) is 12.1 Å². The minimum absolute atomic E-state index is 0.00650. The number of ketones is 1. The zero-order chi connectivity index (χ0) is 35.9. The zero-order valence-corrected chi connectivity index (χ0v) is 28.9. The summed E-state index contributed by atoms with van der Waals surface area (Å²) in [5, 5.41) is 21.3. The van der Waals surface area contributed by atoms with E-state index in [0.29, 0.717) is 6.54 Å². The molecule has 3 aromatic carbocycles. The van der Waals surface area contributed by atoms with Crippen LogP contribution in [0.4, 0.5) is 4.79 Å². The van der Waals surface area contributed by atoms with Crippen LogP contribution in [0.25, 0.3) is 10.8 Å². The molecule has 2 unspecified atom stereocenters. The number of carbonyl (C=O) groups excluding carboxylic acids is 4. The molecule has 10 nitrogen and oxygen atoms in total. The summed E-state index contributed by atoms with van der Waals surface area (Å²) in [6, 6.07) is 18.7. The molecule has 0 aliphatic rings. The Morgan fingerprint density at radius 3 is 2.24 bits per heavy atom. The van der Waals surface area contributed by atoms with Gasteiger partial charge in [-0.05, 0) is 40.2 Å². The van der Waals surface area contributed by atoms with Crippen molar-refractivity contribution >= 4 is 34.5 Å². The number of hydrogen-bond acceptors (Lipinski definition) is 7. The molecule has 3 rings (SSSR count). The van der Waals surface area contributed by atoms with E-state index in [-0.39, 0.29) is 37.7 Å². The number of nitrogens with one attached hydrogen (secondary N) is 3. The predicted molar refractivity (Wildman–Crippen MR) is 191 cm³/mol. The molecule has 0 spiro atoms. The van der Waals surface area contributed by atoms with Crippen LogP contribution in [0, 0.1) is 30.1 Å². The second-order valence-corrected chi connectivity index (χ2v) is 13.0. The van der Waals surface area contributed by atoms with Gasteiger partial charge in [0.2, 0.25) is 11.8 Å². The van der Waals surface area contributed by atoms with Crippen LogP contribution in [0.5, 0.6) is 0 Å². The number of alkyl carbamates (subject to hydrolysis) is 1. The molecule has 0 aromatic heterocycles. The fourth-order valence-electron chi connectivity index (χ4n) is 5.55. The first-order chi connectivity index (χ1) is 23.4. The highest BCUT2D eigenvalue weighted by molar-refractivity contribution is 5.95. The van der Waals surface area contributed by atoms with E-state index in [2.05, 4.69) is 21.9 Å². The van der Waals surface area contributed by atoms with Crippen LogP contribution in [-0.4, -0.2) is 59.6 Å². The van der Waals surface area contributed by atoms with Gasteiger partial charge in [0, 0.05) is 25.3 Å². The Morgan fingerprint density at radius 1 is 0.898 bits per heavy atom. The third kappa shape index (κ3) is 11.7. The van der Waals surface area contributed by atoms with Crippen LogP contribution in [0.15, 0.2) is 72.8 Å². The number of ether oxygens (including phenoxy) is 1. The van der Waals surface area contributed by atoms with E-state index < -0.39 is 53.8 Å². The summed E-state index contributed by atoms with van der Waals surface area (Å²) in [5.74, 6) is -0.271. The third-order valence-corrected chi connectivity index (χ3v) is 8.60.